The van der Waals surface area contributed by atoms with E-state index in [4.69, 9.17) is 0 Å². The van der Waals surface area contributed by atoms with Gasteiger partial charge in [-0.3, -0.25) is 4.79 Å². The molecule has 0 aromatic carbocycles. The molecule has 0 saturated heterocycles. The number of amides is 1. The molecule has 2 aromatic rings. The molecule has 2 aromatic heterocycles. The number of aromatic amines is 1. The summed E-state index contributed by atoms with van der Waals surface area (Å²) in [6, 6.07) is 2.61. The summed E-state index contributed by atoms with van der Waals surface area (Å²) < 4.78 is 28.1. The number of ether oxygens (including phenoxy) is 1. The van der Waals surface area contributed by atoms with Gasteiger partial charge in [0.25, 0.3) is 5.91 Å². The summed E-state index contributed by atoms with van der Waals surface area (Å²) in [5.74, 6) is -0.511. The number of carbonyl (C=O) groups is 1. The number of nitrogens with one attached hydrogen (secondary N) is 1. The van der Waals surface area contributed by atoms with E-state index in [1.54, 1.807) is 13.2 Å². The van der Waals surface area contributed by atoms with Crippen molar-refractivity contribution in [1.82, 2.24) is 19.9 Å². The zero-order valence-electron chi connectivity index (χ0n) is 10.6. The third kappa shape index (κ3) is 3.50. The Morgan fingerprint density at radius 2 is 2.25 bits per heavy atom. The molecule has 0 fully saturated rings. The first-order chi connectivity index (χ1) is 9.56. The number of alkyl halides is 2. The number of nitrogens with zero attached hydrogens (tertiary/aromatic N) is 3. The standard InChI is InChI=1S/C12H12F2N4O2/c1-18(6-9-5-15-7-17-9)11(19)8-2-3-10(16-4-8)20-12(13)14/h2-5,7,12H,6H2,1H3,(H,15,17). The van der Waals surface area contributed by atoms with Crippen LogP contribution >= 0.6 is 0 Å². The fourth-order valence-corrected chi connectivity index (χ4v) is 1.59. The number of rotatable bonds is 5. The average Bonchev–Trinajstić information content (AvgIpc) is 2.91. The predicted molar refractivity (Wildman–Crippen MR) is 65.3 cm³/mol. The van der Waals surface area contributed by atoms with Gasteiger partial charge in [0.05, 0.1) is 24.1 Å². The van der Waals surface area contributed by atoms with Crippen LogP contribution in [0.25, 0.3) is 0 Å². The van der Waals surface area contributed by atoms with E-state index in [9.17, 15) is 13.6 Å². The van der Waals surface area contributed by atoms with Crippen LogP contribution in [0.1, 0.15) is 16.1 Å². The van der Waals surface area contributed by atoms with Crippen molar-refractivity contribution in [2.75, 3.05) is 7.05 Å². The smallest absolute Gasteiger partial charge is 0.388 e. The Morgan fingerprint density at radius 1 is 1.45 bits per heavy atom. The van der Waals surface area contributed by atoms with E-state index in [0.29, 0.717) is 6.54 Å². The highest BCUT2D eigenvalue weighted by Gasteiger charge is 2.14. The maximum Gasteiger partial charge on any atom is 0.388 e. The number of hydrogen-bond acceptors (Lipinski definition) is 4. The lowest BCUT2D eigenvalue weighted by atomic mass is 10.2. The fourth-order valence-electron chi connectivity index (χ4n) is 1.59. The monoisotopic (exact) mass is 282 g/mol. The molecule has 106 valence electrons. The summed E-state index contributed by atoms with van der Waals surface area (Å²) in [4.78, 5) is 23.9. The van der Waals surface area contributed by atoms with Crippen LogP contribution in [-0.2, 0) is 6.54 Å². The van der Waals surface area contributed by atoms with Gasteiger partial charge in [0, 0.05) is 25.5 Å². The molecular weight excluding hydrogens is 270 g/mol. The Kier molecular flexibility index (Phi) is 4.24. The molecule has 0 bridgehead atoms. The van der Waals surface area contributed by atoms with E-state index in [0.717, 1.165) is 5.69 Å². The zero-order valence-corrected chi connectivity index (χ0v) is 10.6. The Bertz CT molecular complexity index is 557. The number of imidazole rings is 1. The fraction of sp³-hybridized carbons (Fsp3) is 0.250. The van der Waals surface area contributed by atoms with Crippen molar-refractivity contribution in [1.29, 1.82) is 0 Å². The highest BCUT2D eigenvalue weighted by atomic mass is 19.3. The minimum absolute atomic E-state index is 0.229. The van der Waals surface area contributed by atoms with Crippen LogP contribution in [0, 0.1) is 0 Å². The first kappa shape index (κ1) is 13.9. The average molecular weight is 282 g/mol. The van der Waals surface area contributed by atoms with E-state index in [1.807, 2.05) is 0 Å². The lowest BCUT2D eigenvalue weighted by Crippen LogP contribution is -2.26. The Hall–Kier alpha value is -2.51. The lowest BCUT2D eigenvalue weighted by Gasteiger charge is -2.16. The molecule has 8 heteroatoms. The molecule has 0 saturated carbocycles. The van der Waals surface area contributed by atoms with Crippen LogP contribution in [0.4, 0.5) is 8.78 Å². The minimum Gasteiger partial charge on any atom is -0.417 e. The van der Waals surface area contributed by atoms with Crippen molar-refractivity contribution < 1.29 is 18.3 Å². The molecule has 6 nitrogen and oxygen atoms in total. The highest BCUT2D eigenvalue weighted by Crippen LogP contribution is 2.12. The zero-order chi connectivity index (χ0) is 14.5. The second-order valence-electron chi connectivity index (χ2n) is 4.00. The number of pyridine rings is 1. The van der Waals surface area contributed by atoms with Crippen LogP contribution in [0.2, 0.25) is 0 Å². The van der Waals surface area contributed by atoms with Gasteiger partial charge in [-0.05, 0) is 6.07 Å². The van der Waals surface area contributed by atoms with Crippen molar-refractivity contribution >= 4 is 5.91 Å². The molecule has 1 amide bonds. The van der Waals surface area contributed by atoms with Crippen molar-refractivity contribution in [3.63, 3.8) is 0 Å². The van der Waals surface area contributed by atoms with Crippen LogP contribution < -0.4 is 4.74 Å². The molecule has 2 rings (SSSR count). The van der Waals surface area contributed by atoms with E-state index < -0.39 is 6.61 Å². The highest BCUT2D eigenvalue weighted by molar-refractivity contribution is 5.93. The minimum atomic E-state index is -2.94. The Morgan fingerprint density at radius 3 is 2.80 bits per heavy atom. The molecule has 0 aliphatic carbocycles. The largest absolute Gasteiger partial charge is 0.417 e. The van der Waals surface area contributed by atoms with Crippen molar-refractivity contribution in [2.24, 2.45) is 0 Å². The van der Waals surface area contributed by atoms with Crippen molar-refractivity contribution in [3.05, 3.63) is 42.1 Å². The second kappa shape index (κ2) is 6.09. The van der Waals surface area contributed by atoms with Crippen molar-refractivity contribution in [2.45, 2.75) is 13.2 Å². The lowest BCUT2D eigenvalue weighted by molar-refractivity contribution is -0.0528. The molecule has 0 spiro atoms. The number of hydrogen-bond donors (Lipinski definition) is 1. The summed E-state index contributed by atoms with van der Waals surface area (Å²) in [5, 5.41) is 0. The number of H-pyrrole nitrogens is 1. The maximum atomic E-state index is 12.1. The van der Waals surface area contributed by atoms with Gasteiger partial charge in [0.15, 0.2) is 0 Å². The van der Waals surface area contributed by atoms with Gasteiger partial charge in [0.2, 0.25) is 5.88 Å². The first-order valence-electron chi connectivity index (χ1n) is 5.70. The Balaban J connectivity index is 2.01. The number of halogens is 2. The summed E-state index contributed by atoms with van der Waals surface area (Å²) in [6.07, 6.45) is 4.33. The topological polar surface area (TPSA) is 71.1 Å². The quantitative estimate of drug-likeness (QED) is 0.905. The van der Waals surface area contributed by atoms with Gasteiger partial charge < -0.3 is 14.6 Å². The SMILES string of the molecule is CN(Cc1cnc[nH]1)C(=O)c1ccc(OC(F)F)nc1. The third-order valence-corrected chi connectivity index (χ3v) is 2.50. The summed E-state index contributed by atoms with van der Waals surface area (Å²) in [5.41, 5.74) is 1.07. The normalized spacial score (nSPS) is 10.6. The van der Waals surface area contributed by atoms with Crippen molar-refractivity contribution in [3.8, 4) is 5.88 Å². The van der Waals surface area contributed by atoms with E-state index >= 15 is 0 Å². The molecule has 1 N–H and O–H groups in total. The van der Waals surface area contributed by atoms with E-state index in [1.165, 1.54) is 29.6 Å². The summed E-state index contributed by atoms with van der Waals surface area (Å²) in [7, 11) is 1.62. The molecule has 0 aliphatic heterocycles. The Labute approximate surface area is 113 Å². The molecule has 0 atom stereocenters. The molecule has 20 heavy (non-hydrogen) atoms. The molecular formula is C12H12F2N4O2. The first-order valence-corrected chi connectivity index (χ1v) is 5.70. The van der Waals surface area contributed by atoms with Gasteiger partial charge in [-0.15, -0.1) is 0 Å². The molecule has 0 unspecified atom stereocenters. The van der Waals surface area contributed by atoms with Crippen LogP contribution in [0.15, 0.2) is 30.9 Å². The van der Waals surface area contributed by atoms with Crippen LogP contribution in [0.3, 0.4) is 0 Å². The van der Waals surface area contributed by atoms with E-state index in [2.05, 4.69) is 19.7 Å². The van der Waals surface area contributed by atoms with Gasteiger partial charge in [0.1, 0.15) is 0 Å². The number of carbonyl (C=O) groups excluding carboxylic acids is 1. The molecule has 0 aliphatic rings. The second-order valence-corrected chi connectivity index (χ2v) is 4.00. The van der Waals surface area contributed by atoms with Gasteiger partial charge >= 0.3 is 6.61 Å². The summed E-state index contributed by atoms with van der Waals surface area (Å²) in [6.45, 7) is -2.58. The molecule has 2 heterocycles. The van der Waals surface area contributed by atoms with E-state index in [-0.39, 0.29) is 17.4 Å². The van der Waals surface area contributed by atoms with Gasteiger partial charge in [-0.1, -0.05) is 0 Å². The molecule has 0 radical (unpaired) electrons. The number of aromatic nitrogens is 3. The van der Waals surface area contributed by atoms with Crippen LogP contribution in [-0.4, -0.2) is 39.4 Å². The van der Waals surface area contributed by atoms with Gasteiger partial charge in [-0.2, -0.15) is 8.78 Å². The maximum absolute atomic E-state index is 12.1. The summed E-state index contributed by atoms with van der Waals surface area (Å²) >= 11 is 0. The predicted octanol–water partition coefficient (Wildman–Crippen LogP) is 1.68. The van der Waals surface area contributed by atoms with Crippen LogP contribution in [0.5, 0.6) is 5.88 Å². The van der Waals surface area contributed by atoms with Gasteiger partial charge in [-0.25, -0.2) is 9.97 Å². The third-order valence-electron chi connectivity index (χ3n) is 2.50.